The molecule has 4 N–H and O–H groups in total. The summed E-state index contributed by atoms with van der Waals surface area (Å²) < 4.78 is 0. The molecule has 139 valence electrons. The zero-order valence-electron chi connectivity index (χ0n) is 14.7. The number of hydrogen-bond acceptors (Lipinski definition) is 7. The molecule has 1 radical (unpaired) electrons. The average molecular weight is 386 g/mol. The van der Waals surface area contributed by atoms with E-state index in [-0.39, 0.29) is 17.1 Å². The predicted octanol–water partition coefficient (Wildman–Crippen LogP) is 3.28. The Balaban J connectivity index is -0.0000000504. The summed E-state index contributed by atoms with van der Waals surface area (Å²) in [6, 6.07) is 0. The Morgan fingerprint density at radius 3 is 0.600 bits per heavy atom. The summed E-state index contributed by atoms with van der Waals surface area (Å²) in [7, 11) is 0. The summed E-state index contributed by atoms with van der Waals surface area (Å²) in [6.07, 6.45) is 13.4. The molecule has 25 heavy (non-hydrogen) atoms. The fourth-order valence-corrected chi connectivity index (χ4v) is 1.70. The molecular formula is C17H28FeN7. The van der Waals surface area contributed by atoms with E-state index in [0.717, 1.165) is 13.1 Å². The maximum Gasteiger partial charge on any atom is 5.00 e. The molecule has 0 spiro atoms. The van der Waals surface area contributed by atoms with Crippen LogP contribution in [-0.4, -0.2) is 13.1 Å². The summed E-state index contributed by atoms with van der Waals surface area (Å²) >= 11 is 0. The maximum atomic E-state index is 6.25. The van der Waals surface area contributed by atoms with Crippen LogP contribution < -0.4 is 11.5 Å². The molecule has 0 atom stereocenters. The van der Waals surface area contributed by atoms with Crippen molar-refractivity contribution >= 4 is 0 Å². The van der Waals surface area contributed by atoms with Crippen LogP contribution in [0.15, 0.2) is 0 Å². The van der Waals surface area contributed by atoms with Gasteiger partial charge in [-0.1, -0.05) is 51.4 Å². The number of rotatable bonds is 11. The van der Waals surface area contributed by atoms with Gasteiger partial charge in [0.25, 0.3) is 0 Å². The second-order valence-electron chi connectivity index (χ2n) is 4.11. The van der Waals surface area contributed by atoms with Crippen LogP contribution in [0.25, 0.3) is 0 Å². The molecule has 0 saturated heterocycles. The fraction of sp³-hybridized carbons (Fsp3) is 0.706. The Morgan fingerprint density at radius 2 is 0.480 bits per heavy atom. The summed E-state index contributed by atoms with van der Waals surface area (Å²) in [5.41, 5.74) is 10.9. The van der Waals surface area contributed by atoms with E-state index < -0.39 is 0 Å². The van der Waals surface area contributed by atoms with Crippen molar-refractivity contribution in [2.75, 3.05) is 13.1 Å². The van der Waals surface area contributed by atoms with Gasteiger partial charge in [-0.2, -0.15) is 0 Å². The van der Waals surface area contributed by atoms with Crippen molar-refractivity contribution in [3.05, 3.63) is 32.9 Å². The number of unbranched alkanes of at least 4 members (excludes halogenated alkanes) is 9. The van der Waals surface area contributed by atoms with Gasteiger partial charge in [-0.3, -0.25) is 0 Å². The molecule has 8 heteroatoms. The van der Waals surface area contributed by atoms with Crippen molar-refractivity contribution < 1.29 is 17.1 Å². The zero-order valence-corrected chi connectivity index (χ0v) is 15.8. The van der Waals surface area contributed by atoms with Gasteiger partial charge in [0, 0.05) is 0 Å². The normalized spacial score (nSPS) is 6.40. The van der Waals surface area contributed by atoms with Gasteiger partial charge in [0.05, 0.1) is 0 Å². The third kappa shape index (κ3) is 110. The minimum atomic E-state index is 0. The van der Waals surface area contributed by atoms with Gasteiger partial charge in [0.2, 0.25) is 0 Å². The van der Waals surface area contributed by atoms with E-state index in [1.165, 1.54) is 64.2 Å². The Kier molecular flexibility index (Phi) is 170. The van der Waals surface area contributed by atoms with Gasteiger partial charge < -0.3 is 70.6 Å². The molecule has 0 saturated carbocycles. The molecule has 0 aromatic carbocycles. The van der Waals surface area contributed by atoms with Gasteiger partial charge in [0.15, 0.2) is 0 Å². The van der Waals surface area contributed by atoms with Crippen LogP contribution in [0.1, 0.15) is 64.2 Å². The maximum absolute atomic E-state index is 6.25. The van der Waals surface area contributed by atoms with E-state index in [1.54, 1.807) is 0 Å². The van der Waals surface area contributed by atoms with Gasteiger partial charge in [-0.25, -0.2) is 0 Å². The summed E-state index contributed by atoms with van der Waals surface area (Å²) in [5, 5.41) is 31.2. The third-order valence-corrected chi connectivity index (χ3v) is 2.66. The van der Waals surface area contributed by atoms with Crippen LogP contribution in [0, 0.1) is 59.2 Å². The zero-order chi connectivity index (χ0) is 20.5. The molecule has 0 bridgehead atoms. The van der Waals surface area contributed by atoms with Crippen LogP contribution >= 0.6 is 0 Å². The van der Waals surface area contributed by atoms with E-state index in [4.69, 9.17) is 70.6 Å². The van der Waals surface area contributed by atoms with Crippen molar-refractivity contribution in [1.29, 1.82) is 26.3 Å². The number of nitrogens with two attached hydrogens (primary N) is 2. The quantitative estimate of drug-likeness (QED) is 0.311. The van der Waals surface area contributed by atoms with E-state index >= 15 is 0 Å². The molecule has 7 nitrogen and oxygen atoms in total. The fourth-order valence-electron chi connectivity index (χ4n) is 1.70. The van der Waals surface area contributed by atoms with Crippen LogP contribution in [0.5, 0.6) is 0 Å². The molecule has 0 aliphatic heterocycles. The average Bonchev–Trinajstić information content (AvgIpc) is 2.71. The molecule has 0 unspecified atom stereocenters. The Morgan fingerprint density at radius 1 is 0.360 bits per heavy atom. The van der Waals surface area contributed by atoms with Gasteiger partial charge in [-0.15, -0.1) is 0 Å². The minimum Gasteiger partial charge on any atom is -0.512 e. The first kappa shape index (κ1) is 43.4. The monoisotopic (exact) mass is 386 g/mol. The Labute approximate surface area is 165 Å². The van der Waals surface area contributed by atoms with Crippen molar-refractivity contribution in [3.8, 4) is 0 Å². The molecule has 0 amide bonds. The van der Waals surface area contributed by atoms with Crippen molar-refractivity contribution in [2.24, 2.45) is 11.5 Å². The van der Waals surface area contributed by atoms with Crippen LogP contribution in [0.2, 0.25) is 0 Å². The summed E-state index contributed by atoms with van der Waals surface area (Å²) in [6.45, 7) is 25.5. The Bertz CT molecular complexity index is 213. The second kappa shape index (κ2) is 97.7. The topological polar surface area (TPSA) is 171 Å². The van der Waals surface area contributed by atoms with E-state index in [9.17, 15) is 0 Å². The summed E-state index contributed by atoms with van der Waals surface area (Å²) in [5.74, 6) is 0. The van der Waals surface area contributed by atoms with Crippen molar-refractivity contribution in [3.63, 3.8) is 0 Å². The second-order valence-corrected chi connectivity index (χ2v) is 4.11. The first-order valence-electron chi connectivity index (χ1n) is 7.43. The number of hydrogen-bond donors (Lipinski definition) is 2. The summed E-state index contributed by atoms with van der Waals surface area (Å²) in [4.78, 5) is 0. The van der Waals surface area contributed by atoms with Gasteiger partial charge in [0.1, 0.15) is 0 Å². The molecule has 0 aromatic heterocycles. The smallest absolute Gasteiger partial charge is 0.512 e. The molecule has 0 aromatic rings. The third-order valence-electron chi connectivity index (χ3n) is 2.66. The van der Waals surface area contributed by atoms with Crippen molar-refractivity contribution in [1.82, 2.24) is 0 Å². The van der Waals surface area contributed by atoms with Crippen LogP contribution in [0.4, 0.5) is 0 Å². The first-order valence-corrected chi connectivity index (χ1v) is 7.43. The Hall–Kier alpha value is -2.11. The van der Waals surface area contributed by atoms with Crippen LogP contribution in [0.3, 0.4) is 0 Å². The minimum absolute atomic E-state index is 0. The van der Waals surface area contributed by atoms with Crippen LogP contribution in [-0.2, 0) is 17.1 Å². The van der Waals surface area contributed by atoms with Gasteiger partial charge in [-0.05, 0) is 25.9 Å². The van der Waals surface area contributed by atoms with E-state index in [2.05, 4.69) is 0 Å². The predicted molar refractivity (Wildman–Crippen MR) is 89.1 cm³/mol. The molecule has 0 aliphatic carbocycles. The van der Waals surface area contributed by atoms with E-state index in [1.807, 2.05) is 0 Å². The van der Waals surface area contributed by atoms with Crippen molar-refractivity contribution in [2.45, 2.75) is 64.2 Å². The van der Waals surface area contributed by atoms with E-state index in [0.29, 0.717) is 0 Å². The van der Waals surface area contributed by atoms with Gasteiger partial charge >= 0.3 is 17.1 Å². The molecule has 0 heterocycles. The molecule has 0 aliphatic rings. The molecular weight excluding hydrogens is 358 g/mol. The first-order chi connectivity index (χ1) is 11.9. The molecule has 0 fully saturated rings. The molecule has 0 rings (SSSR count). The SMILES string of the molecule is NCCCCCCCCCCCCN.[C-]#N.[C-]#N.[C-]#N.[C-]#N.[C-]#N.[Fe+5]. The largest absolute Gasteiger partial charge is 5.00 e. The number of nitrogens with zero attached hydrogens (tertiary/aromatic N) is 5. The standard InChI is InChI=1S/C12H28N2.5CN.Fe/c13-11-9-7-5-3-1-2-4-6-8-10-12-14;5*1-2;/h1-14H2;;;;;;/q;5*-1;+5.